The average molecular weight is 425 g/mol. The number of halogens is 1. The van der Waals surface area contributed by atoms with Crippen LogP contribution in [-0.2, 0) is 22.4 Å². The van der Waals surface area contributed by atoms with Crippen molar-refractivity contribution in [1.82, 2.24) is 10.2 Å². The number of rotatable bonds is 9. The van der Waals surface area contributed by atoms with E-state index in [1.54, 1.807) is 23.1 Å². The monoisotopic (exact) mass is 424 g/mol. The molecule has 2 aromatic rings. The zero-order valence-electron chi connectivity index (χ0n) is 18.4. The van der Waals surface area contributed by atoms with E-state index in [-0.39, 0.29) is 24.3 Å². The highest BCUT2D eigenvalue weighted by molar-refractivity contribution is 5.88. The second-order valence-electron chi connectivity index (χ2n) is 8.36. The van der Waals surface area contributed by atoms with Gasteiger partial charge >= 0.3 is 0 Å². The van der Waals surface area contributed by atoms with Crippen LogP contribution in [0.4, 0.5) is 4.39 Å². The molecule has 4 nitrogen and oxygen atoms in total. The normalized spacial score (nSPS) is 15.3. The van der Waals surface area contributed by atoms with Gasteiger partial charge in [-0.25, -0.2) is 4.39 Å². The molecule has 1 N–H and O–H groups in total. The van der Waals surface area contributed by atoms with Gasteiger partial charge in [0.25, 0.3) is 0 Å². The van der Waals surface area contributed by atoms with Crippen molar-refractivity contribution in [2.45, 2.75) is 70.4 Å². The lowest BCUT2D eigenvalue weighted by atomic mass is 9.95. The number of benzene rings is 2. The molecule has 0 heterocycles. The van der Waals surface area contributed by atoms with Crippen molar-refractivity contribution in [2.24, 2.45) is 0 Å². The summed E-state index contributed by atoms with van der Waals surface area (Å²) in [5.41, 5.74) is 1.47. The maximum atomic E-state index is 14.2. The molecule has 166 valence electrons. The molecule has 1 aliphatic carbocycles. The number of amides is 2. The minimum Gasteiger partial charge on any atom is -0.352 e. The van der Waals surface area contributed by atoms with Gasteiger partial charge in [-0.2, -0.15) is 0 Å². The Hall–Kier alpha value is -2.69. The zero-order valence-corrected chi connectivity index (χ0v) is 18.4. The van der Waals surface area contributed by atoms with E-state index in [1.165, 1.54) is 12.5 Å². The highest BCUT2D eigenvalue weighted by Crippen LogP contribution is 2.19. The van der Waals surface area contributed by atoms with Crippen molar-refractivity contribution in [3.8, 4) is 0 Å². The molecular weight excluding hydrogens is 391 g/mol. The van der Waals surface area contributed by atoms with E-state index in [0.717, 1.165) is 31.2 Å². The summed E-state index contributed by atoms with van der Waals surface area (Å²) >= 11 is 0. The van der Waals surface area contributed by atoms with Crippen molar-refractivity contribution < 1.29 is 14.0 Å². The minimum absolute atomic E-state index is 0.0470. The molecular formula is C26H33FN2O2. The van der Waals surface area contributed by atoms with E-state index in [4.69, 9.17) is 0 Å². The van der Waals surface area contributed by atoms with Crippen LogP contribution in [-0.4, -0.2) is 35.3 Å². The number of nitrogens with one attached hydrogen (secondary N) is 1. The number of carbonyl (C=O) groups excluding carboxylic acids is 2. The molecule has 3 rings (SSSR count). The van der Waals surface area contributed by atoms with Gasteiger partial charge in [0, 0.05) is 12.6 Å². The highest BCUT2D eigenvalue weighted by atomic mass is 19.1. The van der Waals surface area contributed by atoms with Gasteiger partial charge in [-0.3, -0.25) is 9.59 Å². The van der Waals surface area contributed by atoms with Crippen LogP contribution in [0.1, 0.15) is 56.6 Å². The molecule has 0 unspecified atom stereocenters. The predicted molar refractivity (Wildman–Crippen MR) is 121 cm³/mol. The van der Waals surface area contributed by atoms with Gasteiger partial charge in [0.15, 0.2) is 0 Å². The SMILES string of the molecule is CC[C@H](C(=O)NC1CCCCC1)N(CCc1ccccc1)C(=O)Cc1ccccc1F. The first-order chi connectivity index (χ1) is 15.1. The fraction of sp³-hybridized carbons (Fsp3) is 0.462. The Kier molecular flexibility index (Phi) is 8.63. The maximum Gasteiger partial charge on any atom is 0.243 e. The smallest absolute Gasteiger partial charge is 0.243 e. The Labute approximate surface area is 184 Å². The van der Waals surface area contributed by atoms with Crippen LogP contribution in [0.5, 0.6) is 0 Å². The van der Waals surface area contributed by atoms with E-state index in [9.17, 15) is 14.0 Å². The Morgan fingerprint density at radius 1 is 1.03 bits per heavy atom. The predicted octanol–water partition coefficient (Wildman–Crippen LogP) is 4.67. The lowest BCUT2D eigenvalue weighted by molar-refractivity contribution is -0.140. The van der Waals surface area contributed by atoms with Crippen molar-refractivity contribution >= 4 is 11.8 Å². The molecule has 0 bridgehead atoms. The van der Waals surface area contributed by atoms with Crippen LogP contribution in [0, 0.1) is 5.82 Å². The summed E-state index contributed by atoms with van der Waals surface area (Å²) in [6.45, 7) is 2.35. The second-order valence-corrected chi connectivity index (χ2v) is 8.36. The summed E-state index contributed by atoms with van der Waals surface area (Å²) in [5, 5.41) is 3.17. The van der Waals surface area contributed by atoms with Crippen molar-refractivity contribution in [3.63, 3.8) is 0 Å². The van der Waals surface area contributed by atoms with Crippen LogP contribution in [0.15, 0.2) is 54.6 Å². The molecule has 1 atom stereocenters. The molecule has 31 heavy (non-hydrogen) atoms. The highest BCUT2D eigenvalue weighted by Gasteiger charge is 2.30. The van der Waals surface area contributed by atoms with Gasteiger partial charge in [0.2, 0.25) is 11.8 Å². The first-order valence-electron chi connectivity index (χ1n) is 11.5. The Bertz CT molecular complexity index is 849. The first kappa shape index (κ1) is 23.0. The minimum atomic E-state index is -0.551. The Balaban J connectivity index is 1.75. The zero-order chi connectivity index (χ0) is 22.1. The molecule has 0 spiro atoms. The van der Waals surface area contributed by atoms with Crippen LogP contribution in [0.2, 0.25) is 0 Å². The van der Waals surface area contributed by atoms with Gasteiger partial charge in [0.1, 0.15) is 11.9 Å². The fourth-order valence-electron chi connectivity index (χ4n) is 4.35. The standard InChI is InChI=1S/C26H33FN2O2/c1-2-24(26(31)28-22-14-7-4-8-15-22)29(18-17-20-11-5-3-6-12-20)25(30)19-21-13-9-10-16-23(21)27/h3,5-6,9-13,16,22,24H,2,4,7-8,14-15,17-19H2,1H3,(H,28,31)/t24-/m1/s1. The molecule has 5 heteroatoms. The van der Waals surface area contributed by atoms with Gasteiger partial charge in [0.05, 0.1) is 6.42 Å². The van der Waals surface area contributed by atoms with E-state index in [2.05, 4.69) is 5.32 Å². The summed E-state index contributed by atoms with van der Waals surface area (Å²) in [6, 6.07) is 15.9. The van der Waals surface area contributed by atoms with E-state index < -0.39 is 11.9 Å². The van der Waals surface area contributed by atoms with Crippen molar-refractivity contribution in [3.05, 3.63) is 71.5 Å². The fourth-order valence-corrected chi connectivity index (χ4v) is 4.35. The molecule has 0 aromatic heterocycles. The molecule has 0 radical (unpaired) electrons. The molecule has 1 fully saturated rings. The van der Waals surface area contributed by atoms with Gasteiger partial charge in [-0.05, 0) is 42.9 Å². The molecule has 1 aliphatic rings. The number of nitrogens with zero attached hydrogens (tertiary/aromatic N) is 1. The van der Waals surface area contributed by atoms with E-state index in [1.807, 2.05) is 37.3 Å². The molecule has 0 saturated heterocycles. The topological polar surface area (TPSA) is 49.4 Å². The van der Waals surface area contributed by atoms with Crippen molar-refractivity contribution in [1.29, 1.82) is 0 Å². The third-order valence-corrected chi connectivity index (χ3v) is 6.12. The lowest BCUT2D eigenvalue weighted by Gasteiger charge is -2.33. The quantitative estimate of drug-likeness (QED) is 0.636. The molecule has 2 aromatic carbocycles. The number of hydrogen-bond donors (Lipinski definition) is 1. The summed E-state index contributed by atoms with van der Waals surface area (Å²) in [4.78, 5) is 28.1. The lowest BCUT2D eigenvalue weighted by Crippen LogP contribution is -2.52. The number of hydrogen-bond acceptors (Lipinski definition) is 2. The van der Waals surface area contributed by atoms with Crippen molar-refractivity contribution in [2.75, 3.05) is 6.54 Å². The van der Waals surface area contributed by atoms with E-state index in [0.29, 0.717) is 24.9 Å². The molecule has 1 saturated carbocycles. The summed E-state index contributed by atoms with van der Waals surface area (Å²) in [7, 11) is 0. The Morgan fingerprint density at radius 2 is 1.71 bits per heavy atom. The first-order valence-corrected chi connectivity index (χ1v) is 11.5. The average Bonchev–Trinajstić information content (AvgIpc) is 2.79. The third kappa shape index (κ3) is 6.65. The maximum absolute atomic E-state index is 14.2. The summed E-state index contributed by atoms with van der Waals surface area (Å²) < 4.78 is 14.2. The third-order valence-electron chi connectivity index (χ3n) is 6.12. The van der Waals surface area contributed by atoms with Gasteiger partial charge in [-0.1, -0.05) is 74.7 Å². The summed E-state index contributed by atoms with van der Waals surface area (Å²) in [6.07, 6.45) is 6.60. The van der Waals surface area contributed by atoms with Gasteiger partial charge < -0.3 is 10.2 Å². The summed E-state index contributed by atoms with van der Waals surface area (Å²) in [5.74, 6) is -0.699. The van der Waals surface area contributed by atoms with Gasteiger partial charge in [-0.15, -0.1) is 0 Å². The second kappa shape index (κ2) is 11.6. The number of carbonyl (C=O) groups is 2. The van der Waals surface area contributed by atoms with Crippen LogP contribution < -0.4 is 5.32 Å². The van der Waals surface area contributed by atoms with Crippen LogP contribution in [0.25, 0.3) is 0 Å². The van der Waals surface area contributed by atoms with Crippen LogP contribution in [0.3, 0.4) is 0 Å². The van der Waals surface area contributed by atoms with E-state index >= 15 is 0 Å². The largest absolute Gasteiger partial charge is 0.352 e. The molecule has 0 aliphatic heterocycles. The van der Waals surface area contributed by atoms with Crippen LogP contribution >= 0.6 is 0 Å². The molecule has 2 amide bonds. The Morgan fingerprint density at radius 3 is 2.39 bits per heavy atom.